The maximum Gasteiger partial charge on any atom is 0.308 e. The number of likely N-dealkylation sites (tertiary alicyclic amines) is 1. The molecule has 0 saturated carbocycles. The summed E-state index contributed by atoms with van der Waals surface area (Å²) in [6.45, 7) is 8.61. The Morgan fingerprint density at radius 1 is 1.10 bits per heavy atom. The van der Waals surface area contributed by atoms with Crippen LogP contribution in [0.3, 0.4) is 0 Å². The van der Waals surface area contributed by atoms with Gasteiger partial charge in [0.1, 0.15) is 11.5 Å². The van der Waals surface area contributed by atoms with Crippen LogP contribution in [0.4, 0.5) is 5.69 Å². The van der Waals surface area contributed by atoms with Crippen molar-refractivity contribution in [2.24, 2.45) is 5.92 Å². The zero-order valence-corrected chi connectivity index (χ0v) is 24.5. The van der Waals surface area contributed by atoms with Gasteiger partial charge in [-0.3, -0.25) is 19.3 Å². The van der Waals surface area contributed by atoms with Gasteiger partial charge in [-0.25, -0.2) is 0 Å². The van der Waals surface area contributed by atoms with Gasteiger partial charge in [0.25, 0.3) is 11.8 Å². The summed E-state index contributed by atoms with van der Waals surface area (Å²) in [5.41, 5.74) is 7.00. The Hall–Kier alpha value is -3.34. The number of ether oxygens (including phenoxy) is 3. The van der Waals surface area contributed by atoms with Gasteiger partial charge >= 0.3 is 5.97 Å². The number of esters is 1. The molecule has 0 radical (unpaired) electrons. The molecule has 1 atom stereocenters. The van der Waals surface area contributed by atoms with E-state index in [0.717, 1.165) is 32.5 Å². The predicted octanol–water partition coefficient (Wildman–Crippen LogP) is 3.62. The van der Waals surface area contributed by atoms with Gasteiger partial charge in [-0.1, -0.05) is 23.7 Å². The molecular weight excluding hydrogens is 548 g/mol. The fourth-order valence-corrected chi connectivity index (χ4v) is 5.49. The van der Waals surface area contributed by atoms with Crippen LogP contribution in [-0.2, 0) is 9.53 Å². The molecule has 3 N–H and O–H groups in total. The highest BCUT2D eigenvalue weighted by molar-refractivity contribution is 6.33. The number of morpholine rings is 1. The maximum atomic E-state index is 13.1. The predicted molar refractivity (Wildman–Crippen MR) is 157 cm³/mol. The monoisotopic (exact) mass is 586 g/mol. The third-order valence-corrected chi connectivity index (χ3v) is 7.73. The van der Waals surface area contributed by atoms with Crippen molar-refractivity contribution in [3.63, 3.8) is 0 Å². The van der Waals surface area contributed by atoms with Gasteiger partial charge in [-0.05, 0) is 50.3 Å². The molecule has 4 rings (SSSR count). The van der Waals surface area contributed by atoms with E-state index in [1.54, 1.807) is 30.3 Å². The normalized spacial score (nSPS) is 18.1. The zero-order valence-electron chi connectivity index (χ0n) is 23.7. The van der Waals surface area contributed by atoms with Gasteiger partial charge in [0.05, 0.1) is 41.2 Å². The summed E-state index contributed by atoms with van der Waals surface area (Å²) < 4.78 is 16.8. The van der Waals surface area contributed by atoms with Crippen LogP contribution in [0.25, 0.3) is 0 Å². The number of nitrogens with one attached hydrogen (secondary N) is 1. The number of hydrogen-bond acceptors (Lipinski definition) is 8. The molecule has 222 valence electrons. The van der Waals surface area contributed by atoms with Crippen molar-refractivity contribution in [3.05, 3.63) is 52.5 Å². The zero-order chi connectivity index (χ0) is 29.4. The van der Waals surface area contributed by atoms with Gasteiger partial charge in [0.2, 0.25) is 0 Å². The van der Waals surface area contributed by atoms with Gasteiger partial charge in [-0.2, -0.15) is 0 Å². The molecule has 2 aromatic rings. The lowest BCUT2D eigenvalue weighted by atomic mass is 9.95. The molecule has 2 aliphatic heterocycles. The number of carbonyl (C=O) groups is 3. The Labute approximate surface area is 246 Å². The second-order valence-corrected chi connectivity index (χ2v) is 10.8. The maximum absolute atomic E-state index is 13.1. The molecule has 0 bridgehead atoms. The fourth-order valence-electron chi connectivity index (χ4n) is 5.33. The SMILES string of the molecule is CCOc1cc(N)c(Cl)cc1C(=O)NCCC1CN(CC2CCN(C(=O)c3ccccc3OC(C)=O)CC2)CCO1. The second-order valence-electron chi connectivity index (χ2n) is 10.4. The van der Waals surface area contributed by atoms with E-state index in [1.165, 1.54) is 13.0 Å². The summed E-state index contributed by atoms with van der Waals surface area (Å²) in [5.74, 6) is 0.372. The van der Waals surface area contributed by atoms with Gasteiger partial charge in [0, 0.05) is 52.3 Å². The molecular formula is C30H39ClN4O6. The molecule has 1 unspecified atom stereocenters. The first-order valence-electron chi connectivity index (χ1n) is 14.2. The van der Waals surface area contributed by atoms with Crippen LogP contribution in [0.1, 0.15) is 53.8 Å². The summed E-state index contributed by atoms with van der Waals surface area (Å²) in [6.07, 6.45) is 2.52. The molecule has 0 aliphatic carbocycles. The molecule has 2 heterocycles. The highest BCUT2D eigenvalue weighted by atomic mass is 35.5. The second kappa shape index (κ2) is 14.5. The van der Waals surface area contributed by atoms with Crippen molar-refractivity contribution >= 4 is 35.1 Å². The van der Waals surface area contributed by atoms with Crippen molar-refractivity contribution in [2.45, 2.75) is 39.2 Å². The van der Waals surface area contributed by atoms with E-state index in [1.807, 2.05) is 11.8 Å². The Morgan fingerprint density at radius 3 is 2.59 bits per heavy atom. The Balaban J connectivity index is 1.22. The Bertz CT molecular complexity index is 1230. The topological polar surface area (TPSA) is 123 Å². The quantitative estimate of drug-likeness (QED) is 0.246. The van der Waals surface area contributed by atoms with E-state index in [9.17, 15) is 14.4 Å². The summed E-state index contributed by atoms with van der Waals surface area (Å²) >= 11 is 6.13. The highest BCUT2D eigenvalue weighted by Gasteiger charge is 2.29. The molecule has 2 amide bonds. The standard InChI is InChI=1S/C30H39ClN4O6/c1-3-39-28-17-26(32)25(31)16-24(28)29(37)33-11-8-22-19-34(14-15-40-22)18-21-9-12-35(13-10-21)30(38)23-6-4-5-7-27(23)41-20(2)36/h4-7,16-17,21-22H,3,8-15,18-19,32H2,1-2H3,(H,33,37). The summed E-state index contributed by atoms with van der Waals surface area (Å²) in [5, 5.41) is 3.26. The fraction of sp³-hybridized carbons (Fsp3) is 0.500. The number of nitrogens with zero attached hydrogens (tertiary/aromatic N) is 2. The summed E-state index contributed by atoms with van der Waals surface area (Å²) in [7, 11) is 0. The largest absolute Gasteiger partial charge is 0.493 e. The highest BCUT2D eigenvalue weighted by Crippen LogP contribution is 2.29. The third-order valence-electron chi connectivity index (χ3n) is 7.41. The number of nitrogens with two attached hydrogens (primary N) is 1. The van der Waals surface area contributed by atoms with E-state index in [-0.39, 0.29) is 17.9 Å². The summed E-state index contributed by atoms with van der Waals surface area (Å²) in [6, 6.07) is 9.98. The molecule has 0 aromatic heterocycles. The Morgan fingerprint density at radius 2 is 1.85 bits per heavy atom. The van der Waals surface area contributed by atoms with Gasteiger partial charge in [-0.15, -0.1) is 0 Å². The number of benzene rings is 2. The van der Waals surface area contributed by atoms with Crippen LogP contribution in [0.15, 0.2) is 36.4 Å². The number of para-hydroxylation sites is 1. The minimum Gasteiger partial charge on any atom is -0.493 e. The van der Waals surface area contributed by atoms with E-state index >= 15 is 0 Å². The van der Waals surface area contributed by atoms with Gasteiger partial charge in [0.15, 0.2) is 0 Å². The van der Waals surface area contributed by atoms with Crippen LogP contribution >= 0.6 is 11.6 Å². The smallest absolute Gasteiger partial charge is 0.308 e. The number of nitrogen functional groups attached to an aromatic ring is 1. The van der Waals surface area contributed by atoms with E-state index in [4.69, 9.17) is 31.5 Å². The Kier molecular flexibility index (Phi) is 10.8. The molecule has 0 spiro atoms. The third kappa shape index (κ3) is 8.34. The first kappa shape index (κ1) is 30.6. The van der Waals surface area contributed by atoms with E-state index in [0.29, 0.717) is 78.5 Å². The number of hydrogen-bond donors (Lipinski definition) is 2. The minimum absolute atomic E-state index is 0.0184. The molecule has 2 aromatic carbocycles. The lowest BCUT2D eigenvalue weighted by molar-refractivity contribution is -0.131. The lowest BCUT2D eigenvalue weighted by Crippen LogP contribution is -2.47. The van der Waals surface area contributed by atoms with Crippen LogP contribution in [0, 0.1) is 5.92 Å². The minimum atomic E-state index is -0.447. The van der Waals surface area contributed by atoms with Gasteiger partial charge < -0.3 is 30.2 Å². The number of piperidine rings is 1. The molecule has 41 heavy (non-hydrogen) atoms. The number of carbonyl (C=O) groups excluding carboxylic acids is 3. The molecule has 11 heteroatoms. The van der Waals surface area contributed by atoms with Crippen LogP contribution in [-0.4, -0.2) is 86.2 Å². The first-order chi connectivity index (χ1) is 19.7. The van der Waals surface area contributed by atoms with Crippen molar-refractivity contribution in [2.75, 3.05) is 58.2 Å². The molecule has 2 aliphatic rings. The lowest BCUT2D eigenvalue weighted by Gasteiger charge is -2.38. The number of halogens is 1. The number of anilines is 1. The van der Waals surface area contributed by atoms with E-state index in [2.05, 4.69) is 10.2 Å². The van der Waals surface area contributed by atoms with Crippen molar-refractivity contribution in [1.29, 1.82) is 0 Å². The average molecular weight is 587 g/mol. The average Bonchev–Trinajstić information content (AvgIpc) is 2.95. The molecule has 2 fully saturated rings. The number of amides is 2. The van der Waals surface area contributed by atoms with Crippen molar-refractivity contribution in [3.8, 4) is 11.5 Å². The first-order valence-corrected chi connectivity index (χ1v) is 14.5. The molecule has 2 saturated heterocycles. The summed E-state index contributed by atoms with van der Waals surface area (Å²) in [4.78, 5) is 41.6. The van der Waals surface area contributed by atoms with Crippen LogP contribution in [0.5, 0.6) is 11.5 Å². The van der Waals surface area contributed by atoms with Crippen LogP contribution in [0.2, 0.25) is 5.02 Å². The van der Waals surface area contributed by atoms with Crippen LogP contribution < -0.4 is 20.5 Å². The van der Waals surface area contributed by atoms with Crippen molar-refractivity contribution in [1.82, 2.24) is 15.1 Å². The van der Waals surface area contributed by atoms with E-state index < -0.39 is 5.97 Å². The molecule has 10 nitrogen and oxygen atoms in total. The van der Waals surface area contributed by atoms with Crippen molar-refractivity contribution < 1.29 is 28.6 Å². The number of rotatable bonds is 10.